The van der Waals surface area contributed by atoms with Crippen molar-refractivity contribution in [3.63, 3.8) is 0 Å². The van der Waals surface area contributed by atoms with Crippen LogP contribution in [0.5, 0.6) is 0 Å². The molecule has 0 aliphatic carbocycles. The van der Waals surface area contributed by atoms with Crippen LogP contribution in [0.15, 0.2) is 72.1 Å². The van der Waals surface area contributed by atoms with Gasteiger partial charge in [-0.25, -0.2) is 9.82 Å². The molecule has 6 nitrogen and oxygen atoms in total. The van der Waals surface area contributed by atoms with E-state index >= 15 is 0 Å². The number of nitrogens with zero attached hydrogens (tertiary/aromatic N) is 2. The number of anilines is 1. The average Bonchev–Trinajstić information content (AvgIpc) is 2.71. The van der Waals surface area contributed by atoms with Gasteiger partial charge in [-0.3, -0.25) is 14.6 Å². The van der Waals surface area contributed by atoms with Gasteiger partial charge in [0.05, 0.1) is 17.5 Å². The molecule has 3 rings (SSSR count). The molecule has 3 aromatic rings. The van der Waals surface area contributed by atoms with Gasteiger partial charge in [-0.15, -0.1) is 0 Å². The van der Waals surface area contributed by atoms with Crippen molar-refractivity contribution >= 4 is 35.3 Å². The first-order valence-corrected chi connectivity index (χ1v) is 8.50. The molecule has 0 aliphatic rings. The van der Waals surface area contributed by atoms with Gasteiger partial charge in [-0.1, -0.05) is 23.7 Å². The third kappa shape index (κ3) is 4.99. The van der Waals surface area contributed by atoms with E-state index in [9.17, 15) is 14.0 Å². The molecule has 0 fully saturated rings. The second-order valence-corrected chi connectivity index (χ2v) is 6.07. The fourth-order valence-electron chi connectivity index (χ4n) is 2.29. The number of halogens is 2. The molecular weight excluding hydrogens is 383 g/mol. The van der Waals surface area contributed by atoms with Crippen molar-refractivity contribution in [1.82, 2.24) is 10.4 Å². The van der Waals surface area contributed by atoms with Crippen LogP contribution in [0.4, 0.5) is 10.1 Å². The van der Waals surface area contributed by atoms with E-state index in [4.69, 9.17) is 11.6 Å². The Labute approximate surface area is 165 Å². The number of hydrogen-bond acceptors (Lipinski definition) is 4. The lowest BCUT2D eigenvalue weighted by Gasteiger charge is -2.10. The van der Waals surface area contributed by atoms with Crippen LogP contribution < -0.4 is 10.7 Å². The van der Waals surface area contributed by atoms with Crippen LogP contribution in [0, 0.1) is 5.82 Å². The summed E-state index contributed by atoms with van der Waals surface area (Å²) in [5.41, 5.74) is 3.79. The molecule has 0 atom stereocenters. The number of aromatic nitrogens is 1. The maximum absolute atomic E-state index is 12.9. The summed E-state index contributed by atoms with van der Waals surface area (Å²) in [5.74, 6) is -1.32. The Morgan fingerprint density at radius 3 is 2.43 bits per heavy atom. The summed E-state index contributed by atoms with van der Waals surface area (Å²) in [6.45, 7) is 0. The molecule has 1 heterocycles. The molecular formula is C20H14ClFN4O2. The number of carbonyl (C=O) groups is 2. The molecule has 0 aliphatic heterocycles. The zero-order valence-electron chi connectivity index (χ0n) is 14.4. The number of hydrazone groups is 1. The van der Waals surface area contributed by atoms with E-state index in [-0.39, 0.29) is 17.1 Å². The minimum absolute atomic E-state index is 0.145. The van der Waals surface area contributed by atoms with Crippen molar-refractivity contribution < 1.29 is 14.0 Å². The van der Waals surface area contributed by atoms with E-state index in [1.165, 1.54) is 55.0 Å². The zero-order valence-corrected chi connectivity index (χ0v) is 15.2. The Morgan fingerprint density at radius 1 is 1.00 bits per heavy atom. The van der Waals surface area contributed by atoms with Gasteiger partial charge in [0.2, 0.25) is 0 Å². The SMILES string of the molecule is O=C(Nc1ccc(Cl)cc1C(=O)N/N=C/c1ccc(F)cc1)c1ccncc1. The summed E-state index contributed by atoms with van der Waals surface area (Å²) < 4.78 is 12.9. The fraction of sp³-hybridized carbons (Fsp3) is 0. The predicted octanol–water partition coefficient (Wildman–Crippen LogP) is 3.89. The van der Waals surface area contributed by atoms with Crippen LogP contribution in [0.3, 0.4) is 0 Å². The highest BCUT2D eigenvalue weighted by Crippen LogP contribution is 2.21. The molecule has 0 saturated heterocycles. The van der Waals surface area contributed by atoms with E-state index in [0.717, 1.165) is 0 Å². The van der Waals surface area contributed by atoms with Gasteiger partial charge in [0.1, 0.15) is 5.82 Å². The molecule has 0 radical (unpaired) electrons. The summed E-state index contributed by atoms with van der Waals surface area (Å²) in [4.78, 5) is 28.7. The van der Waals surface area contributed by atoms with Crippen LogP contribution in [-0.2, 0) is 0 Å². The molecule has 28 heavy (non-hydrogen) atoms. The van der Waals surface area contributed by atoms with Crippen molar-refractivity contribution in [3.05, 3.63) is 94.5 Å². The van der Waals surface area contributed by atoms with E-state index in [1.807, 2.05) is 0 Å². The van der Waals surface area contributed by atoms with Crippen molar-refractivity contribution in [2.24, 2.45) is 5.10 Å². The van der Waals surface area contributed by atoms with Gasteiger partial charge in [0.25, 0.3) is 11.8 Å². The lowest BCUT2D eigenvalue weighted by molar-refractivity contribution is 0.0956. The third-order valence-corrected chi connectivity index (χ3v) is 3.90. The van der Waals surface area contributed by atoms with Crippen LogP contribution in [0.25, 0.3) is 0 Å². The number of benzene rings is 2. The molecule has 1 aromatic heterocycles. The van der Waals surface area contributed by atoms with Crippen LogP contribution in [0.1, 0.15) is 26.3 Å². The first-order valence-electron chi connectivity index (χ1n) is 8.13. The second kappa shape index (κ2) is 8.88. The molecule has 140 valence electrons. The van der Waals surface area contributed by atoms with E-state index < -0.39 is 11.8 Å². The lowest BCUT2D eigenvalue weighted by Crippen LogP contribution is -2.21. The Hall–Kier alpha value is -3.58. The first kappa shape index (κ1) is 19.2. The van der Waals surface area contributed by atoms with Gasteiger partial charge < -0.3 is 5.32 Å². The zero-order chi connectivity index (χ0) is 19.9. The Kier molecular flexibility index (Phi) is 6.08. The number of carbonyl (C=O) groups excluding carboxylic acids is 2. The molecule has 2 amide bonds. The monoisotopic (exact) mass is 396 g/mol. The summed E-state index contributed by atoms with van der Waals surface area (Å²) in [5, 5.41) is 6.84. The molecule has 0 unspecified atom stereocenters. The highest BCUT2D eigenvalue weighted by Gasteiger charge is 2.15. The summed E-state index contributed by atoms with van der Waals surface area (Å²) in [6, 6.07) is 13.2. The molecule has 0 spiro atoms. The minimum Gasteiger partial charge on any atom is -0.321 e. The van der Waals surface area contributed by atoms with Crippen molar-refractivity contribution in [2.45, 2.75) is 0 Å². The molecule has 8 heteroatoms. The maximum Gasteiger partial charge on any atom is 0.273 e. The normalized spacial score (nSPS) is 10.6. The topological polar surface area (TPSA) is 83.5 Å². The number of rotatable bonds is 5. The molecule has 0 saturated carbocycles. The van der Waals surface area contributed by atoms with Crippen LogP contribution in [-0.4, -0.2) is 23.0 Å². The number of hydrogen-bond donors (Lipinski definition) is 2. The quantitative estimate of drug-likeness (QED) is 0.507. The van der Waals surface area contributed by atoms with Crippen LogP contribution in [0.2, 0.25) is 5.02 Å². The smallest absolute Gasteiger partial charge is 0.273 e. The van der Waals surface area contributed by atoms with E-state index in [2.05, 4.69) is 20.8 Å². The van der Waals surface area contributed by atoms with Crippen molar-refractivity contribution in [1.29, 1.82) is 0 Å². The van der Waals surface area contributed by atoms with E-state index in [1.54, 1.807) is 18.2 Å². The maximum atomic E-state index is 12.9. The minimum atomic E-state index is -0.564. The first-order chi connectivity index (χ1) is 13.5. The number of nitrogens with one attached hydrogen (secondary N) is 2. The highest BCUT2D eigenvalue weighted by atomic mass is 35.5. The van der Waals surface area contributed by atoms with Gasteiger partial charge in [0.15, 0.2) is 0 Å². The largest absolute Gasteiger partial charge is 0.321 e. The number of amides is 2. The summed E-state index contributed by atoms with van der Waals surface area (Å²) in [7, 11) is 0. The molecule has 2 aromatic carbocycles. The van der Waals surface area contributed by atoms with Gasteiger partial charge in [-0.05, 0) is 48.0 Å². The molecule has 2 N–H and O–H groups in total. The highest BCUT2D eigenvalue weighted by molar-refractivity contribution is 6.31. The third-order valence-electron chi connectivity index (χ3n) is 3.67. The number of pyridine rings is 1. The van der Waals surface area contributed by atoms with Crippen LogP contribution >= 0.6 is 11.6 Å². The standard InChI is InChI=1S/C20H14ClFN4O2/c21-15-3-6-18(25-19(27)14-7-9-23-10-8-14)17(11-15)20(28)26-24-12-13-1-4-16(22)5-2-13/h1-12H,(H,25,27)(H,26,28)/b24-12+. The lowest BCUT2D eigenvalue weighted by atomic mass is 10.1. The predicted molar refractivity (Wildman–Crippen MR) is 105 cm³/mol. The van der Waals surface area contributed by atoms with Crippen molar-refractivity contribution in [3.8, 4) is 0 Å². The van der Waals surface area contributed by atoms with E-state index in [0.29, 0.717) is 16.1 Å². The van der Waals surface area contributed by atoms with Gasteiger partial charge >= 0.3 is 0 Å². The summed E-state index contributed by atoms with van der Waals surface area (Å²) >= 11 is 5.98. The Balaban J connectivity index is 1.75. The fourth-order valence-corrected chi connectivity index (χ4v) is 2.46. The Morgan fingerprint density at radius 2 is 1.71 bits per heavy atom. The average molecular weight is 397 g/mol. The molecule has 0 bridgehead atoms. The van der Waals surface area contributed by atoms with Crippen molar-refractivity contribution in [2.75, 3.05) is 5.32 Å². The Bertz CT molecular complexity index is 1020. The summed E-state index contributed by atoms with van der Waals surface area (Å²) in [6.07, 6.45) is 4.36. The second-order valence-electron chi connectivity index (χ2n) is 5.63. The van der Waals surface area contributed by atoms with Gasteiger partial charge in [0, 0.05) is 23.0 Å². The van der Waals surface area contributed by atoms with Gasteiger partial charge in [-0.2, -0.15) is 5.10 Å².